The van der Waals surface area contributed by atoms with E-state index in [1.807, 2.05) is 30.3 Å². The molecule has 0 spiro atoms. The second kappa shape index (κ2) is 32.7. The average molecular weight is 647 g/mol. The third kappa shape index (κ3) is 26.5. The Balaban J connectivity index is 1.85. The highest BCUT2D eigenvalue weighted by Crippen LogP contribution is 2.28. The molecule has 0 aliphatic carbocycles. The van der Waals surface area contributed by atoms with E-state index in [1.54, 1.807) is 0 Å². The average Bonchev–Trinajstić information content (AvgIpc) is 3.06. The van der Waals surface area contributed by atoms with E-state index >= 15 is 0 Å². The third-order valence-electron chi connectivity index (χ3n) is 6.81. The number of rotatable bonds is 36. The number of aliphatic hydroxyl groups is 2. The van der Waals surface area contributed by atoms with Gasteiger partial charge in [0.2, 0.25) is 0 Å². The van der Waals surface area contributed by atoms with Gasteiger partial charge >= 0.3 is 0 Å². The summed E-state index contributed by atoms with van der Waals surface area (Å²) in [6.07, 6.45) is 7.81. The van der Waals surface area contributed by atoms with E-state index in [1.165, 1.54) is 25.7 Å². The smallest absolute Gasteiger partial charge is 0.113 e. The van der Waals surface area contributed by atoms with Crippen LogP contribution in [0.15, 0.2) is 30.3 Å². The summed E-state index contributed by atoms with van der Waals surface area (Å²) < 4.78 is 49.2. The minimum absolute atomic E-state index is 0.0251. The molecule has 1 atom stereocenters. The second-order valence-electron chi connectivity index (χ2n) is 10.6. The third-order valence-corrected chi connectivity index (χ3v) is 6.81. The number of hydrogen-bond acceptors (Lipinski definition) is 11. The highest BCUT2D eigenvalue weighted by Gasteiger charge is 2.29. The Kier molecular flexibility index (Phi) is 30.4. The summed E-state index contributed by atoms with van der Waals surface area (Å²) in [4.78, 5) is 0. The Morgan fingerprint density at radius 3 is 1.22 bits per heavy atom. The van der Waals surface area contributed by atoms with Crippen LogP contribution in [0.2, 0.25) is 0 Å². The molecule has 11 nitrogen and oxygen atoms in total. The van der Waals surface area contributed by atoms with Gasteiger partial charge in [-0.3, -0.25) is 0 Å². The van der Waals surface area contributed by atoms with E-state index in [0.29, 0.717) is 119 Å². The molecule has 0 aliphatic rings. The Bertz CT molecular complexity index is 713. The van der Waals surface area contributed by atoms with Crippen LogP contribution in [-0.2, 0) is 48.2 Å². The normalized spacial score (nSPS) is 13.0. The summed E-state index contributed by atoms with van der Waals surface area (Å²) in [7, 11) is 0. The minimum Gasteiger partial charge on any atom is -0.394 e. The van der Waals surface area contributed by atoms with Crippen molar-refractivity contribution >= 4 is 0 Å². The van der Waals surface area contributed by atoms with Crippen molar-refractivity contribution in [1.29, 1.82) is 0 Å². The summed E-state index contributed by atoms with van der Waals surface area (Å²) in [6, 6.07) is 9.83. The highest BCUT2D eigenvalue weighted by molar-refractivity contribution is 5.22. The molecule has 1 rings (SSSR count). The van der Waals surface area contributed by atoms with Crippen LogP contribution in [-0.4, -0.2) is 136 Å². The summed E-state index contributed by atoms with van der Waals surface area (Å²) >= 11 is 0. The molecule has 1 unspecified atom stereocenters. The first-order valence-corrected chi connectivity index (χ1v) is 16.8. The lowest BCUT2D eigenvalue weighted by Gasteiger charge is -2.29. The van der Waals surface area contributed by atoms with Crippen LogP contribution in [0.25, 0.3) is 0 Å². The number of ether oxygens (including phenoxy) is 9. The fourth-order valence-corrected chi connectivity index (χ4v) is 4.31. The molecular weight excluding hydrogens is 584 g/mol. The van der Waals surface area contributed by atoms with Gasteiger partial charge in [0.05, 0.1) is 126 Å². The summed E-state index contributed by atoms with van der Waals surface area (Å²) in [5.41, 5.74) is -0.0657. The van der Waals surface area contributed by atoms with Crippen molar-refractivity contribution in [1.82, 2.24) is 0 Å². The maximum atomic E-state index is 11.4. The van der Waals surface area contributed by atoms with Crippen molar-refractivity contribution in [3.63, 3.8) is 0 Å². The minimum atomic E-state index is -0.973. The molecule has 0 aromatic heterocycles. The van der Waals surface area contributed by atoms with Gasteiger partial charge in [-0.2, -0.15) is 0 Å². The van der Waals surface area contributed by atoms with E-state index in [-0.39, 0.29) is 13.2 Å². The molecule has 0 saturated heterocycles. The first-order chi connectivity index (χ1) is 22.2. The molecule has 0 fully saturated rings. The van der Waals surface area contributed by atoms with Gasteiger partial charge in [0, 0.05) is 0 Å². The highest BCUT2D eigenvalue weighted by atomic mass is 16.6. The van der Waals surface area contributed by atoms with Gasteiger partial charge in [0.25, 0.3) is 0 Å². The lowest BCUT2D eigenvalue weighted by Crippen LogP contribution is -2.32. The number of benzene rings is 1. The SMILES string of the molecule is CCCCCCCCC(O)(COCCOCCOCCOCCOCCOCCOCCOCCOCCO)c1ccccc1. The maximum absolute atomic E-state index is 11.4. The molecule has 0 bridgehead atoms. The lowest BCUT2D eigenvalue weighted by atomic mass is 9.89. The van der Waals surface area contributed by atoms with Crippen LogP contribution < -0.4 is 0 Å². The maximum Gasteiger partial charge on any atom is 0.113 e. The summed E-state index contributed by atoms with van der Waals surface area (Å²) in [5.74, 6) is 0. The topological polar surface area (TPSA) is 124 Å². The standard InChI is InChI=1S/C34H62O11/c1-2-3-4-5-6-10-13-34(36,33-11-8-7-9-12-33)32-45-31-30-44-29-28-43-27-26-42-25-24-41-23-22-40-21-20-39-19-18-38-17-16-37-15-14-35/h7-9,11-12,35-36H,2-6,10,13-32H2,1H3. The second-order valence-corrected chi connectivity index (χ2v) is 10.6. The Morgan fingerprint density at radius 1 is 0.467 bits per heavy atom. The molecule has 45 heavy (non-hydrogen) atoms. The van der Waals surface area contributed by atoms with Crippen LogP contribution in [0.4, 0.5) is 0 Å². The van der Waals surface area contributed by atoms with E-state index in [2.05, 4.69) is 6.92 Å². The Morgan fingerprint density at radius 2 is 0.822 bits per heavy atom. The van der Waals surface area contributed by atoms with Crippen molar-refractivity contribution in [3.8, 4) is 0 Å². The van der Waals surface area contributed by atoms with Gasteiger partial charge in [-0.25, -0.2) is 0 Å². The number of aliphatic hydroxyl groups excluding tert-OH is 1. The number of unbranched alkanes of at least 4 members (excludes halogenated alkanes) is 5. The van der Waals surface area contributed by atoms with Crippen LogP contribution in [0, 0.1) is 0 Å². The van der Waals surface area contributed by atoms with Gasteiger partial charge in [-0.1, -0.05) is 75.8 Å². The monoisotopic (exact) mass is 646 g/mol. The van der Waals surface area contributed by atoms with Crippen molar-refractivity contribution < 1.29 is 52.8 Å². The molecule has 1 aromatic carbocycles. The molecule has 0 heterocycles. The largest absolute Gasteiger partial charge is 0.394 e. The summed E-state index contributed by atoms with van der Waals surface area (Å²) in [5, 5.41) is 19.9. The predicted octanol–water partition coefficient (Wildman–Crippen LogP) is 3.77. The number of hydrogen-bond donors (Lipinski definition) is 2. The van der Waals surface area contributed by atoms with E-state index < -0.39 is 5.60 Å². The molecule has 0 amide bonds. The van der Waals surface area contributed by atoms with Gasteiger partial charge in [-0.05, 0) is 12.0 Å². The Labute approximate surface area is 271 Å². The van der Waals surface area contributed by atoms with Crippen molar-refractivity contribution in [2.45, 2.75) is 57.5 Å². The molecular formula is C34H62O11. The van der Waals surface area contributed by atoms with Crippen LogP contribution in [0.1, 0.15) is 57.4 Å². The van der Waals surface area contributed by atoms with Crippen LogP contribution in [0.5, 0.6) is 0 Å². The first kappa shape index (κ1) is 41.8. The molecule has 11 heteroatoms. The molecule has 2 N–H and O–H groups in total. The fraction of sp³-hybridized carbons (Fsp3) is 0.824. The van der Waals surface area contributed by atoms with Crippen molar-refractivity contribution in [2.75, 3.05) is 126 Å². The van der Waals surface area contributed by atoms with Gasteiger partial charge in [-0.15, -0.1) is 0 Å². The Hall–Kier alpha value is -1.22. The quantitative estimate of drug-likeness (QED) is 0.104. The molecule has 1 aromatic rings. The van der Waals surface area contributed by atoms with Crippen LogP contribution >= 0.6 is 0 Å². The zero-order chi connectivity index (χ0) is 32.4. The van der Waals surface area contributed by atoms with Crippen molar-refractivity contribution in [2.24, 2.45) is 0 Å². The van der Waals surface area contributed by atoms with Crippen LogP contribution in [0.3, 0.4) is 0 Å². The van der Waals surface area contributed by atoms with E-state index in [0.717, 1.165) is 18.4 Å². The van der Waals surface area contributed by atoms with Gasteiger partial charge in [0.15, 0.2) is 0 Å². The van der Waals surface area contributed by atoms with Gasteiger partial charge < -0.3 is 52.8 Å². The zero-order valence-electron chi connectivity index (χ0n) is 27.8. The summed E-state index contributed by atoms with van der Waals surface area (Å²) in [6.45, 7) is 10.7. The zero-order valence-corrected chi connectivity index (χ0v) is 27.8. The van der Waals surface area contributed by atoms with Crippen molar-refractivity contribution in [3.05, 3.63) is 35.9 Å². The fourth-order valence-electron chi connectivity index (χ4n) is 4.31. The molecule has 0 aliphatic heterocycles. The molecule has 0 radical (unpaired) electrons. The predicted molar refractivity (Wildman–Crippen MR) is 173 cm³/mol. The molecule has 0 saturated carbocycles. The first-order valence-electron chi connectivity index (χ1n) is 16.8. The van der Waals surface area contributed by atoms with E-state index in [4.69, 9.17) is 47.7 Å². The lowest BCUT2D eigenvalue weighted by molar-refractivity contribution is -0.0716. The van der Waals surface area contributed by atoms with E-state index in [9.17, 15) is 5.11 Å². The molecule has 264 valence electrons. The van der Waals surface area contributed by atoms with Gasteiger partial charge in [0.1, 0.15) is 5.60 Å².